The lowest BCUT2D eigenvalue weighted by Crippen LogP contribution is -2.14. The Morgan fingerprint density at radius 2 is 2.10 bits per heavy atom. The van der Waals surface area contributed by atoms with Crippen molar-refractivity contribution in [3.63, 3.8) is 0 Å². The van der Waals surface area contributed by atoms with Crippen LogP contribution in [0.5, 0.6) is 11.5 Å². The van der Waals surface area contributed by atoms with E-state index in [2.05, 4.69) is 9.55 Å². The quantitative estimate of drug-likeness (QED) is 0.881. The largest absolute Gasteiger partial charge is 0.493 e. The Labute approximate surface area is 122 Å². The van der Waals surface area contributed by atoms with Crippen LogP contribution in [0, 0.1) is 4.77 Å². The first-order valence-corrected chi connectivity index (χ1v) is 7.10. The van der Waals surface area contributed by atoms with E-state index in [-0.39, 0.29) is 6.10 Å². The van der Waals surface area contributed by atoms with E-state index < -0.39 is 0 Å². The Morgan fingerprint density at radius 3 is 2.75 bits per heavy atom. The summed E-state index contributed by atoms with van der Waals surface area (Å²) in [6.45, 7) is 1.62. The number of nitrogens with zero attached hydrogens (tertiary/aromatic N) is 1. The van der Waals surface area contributed by atoms with Crippen molar-refractivity contribution < 1.29 is 14.2 Å². The van der Waals surface area contributed by atoms with Crippen molar-refractivity contribution in [3.8, 4) is 11.5 Å². The second-order valence-electron chi connectivity index (χ2n) is 4.90. The number of nitrogens with one attached hydrogen (secondary N) is 1. The summed E-state index contributed by atoms with van der Waals surface area (Å²) in [6, 6.07) is 3.87. The lowest BCUT2D eigenvalue weighted by molar-refractivity contribution is 0.0976. The molecule has 20 heavy (non-hydrogen) atoms. The molecule has 3 rings (SSSR count). The van der Waals surface area contributed by atoms with Gasteiger partial charge in [0.2, 0.25) is 0 Å². The predicted octanol–water partition coefficient (Wildman–Crippen LogP) is 2.90. The van der Waals surface area contributed by atoms with E-state index in [0.29, 0.717) is 16.3 Å². The molecule has 0 aliphatic carbocycles. The van der Waals surface area contributed by atoms with Crippen molar-refractivity contribution in [2.24, 2.45) is 0 Å². The van der Waals surface area contributed by atoms with Gasteiger partial charge >= 0.3 is 0 Å². The molecular weight excluding hydrogens is 276 g/mol. The molecule has 1 aliphatic heterocycles. The molecule has 1 saturated heterocycles. The molecule has 6 heteroatoms. The van der Waals surface area contributed by atoms with Gasteiger partial charge in [0.05, 0.1) is 37.9 Å². The Morgan fingerprint density at radius 1 is 1.35 bits per heavy atom. The van der Waals surface area contributed by atoms with Crippen LogP contribution in [0.2, 0.25) is 0 Å². The molecule has 0 bridgehead atoms. The topological polar surface area (TPSA) is 48.4 Å². The standard InChI is InChI=1S/C14H18N2O3S/c1-17-12-6-10-11(7-13(12)18-2)16(14(20)15-10)8-9-4-3-5-19-9/h6-7,9H,3-5,8H2,1-2H3,(H,15,20). The summed E-state index contributed by atoms with van der Waals surface area (Å²) >= 11 is 5.42. The molecule has 5 nitrogen and oxygen atoms in total. The van der Waals surface area contributed by atoms with Gasteiger partial charge in [-0.1, -0.05) is 0 Å². The van der Waals surface area contributed by atoms with Gasteiger partial charge in [-0.3, -0.25) is 0 Å². The average Bonchev–Trinajstić information content (AvgIpc) is 3.06. The first-order valence-electron chi connectivity index (χ1n) is 6.69. The maximum atomic E-state index is 5.69. The smallest absolute Gasteiger partial charge is 0.178 e. The number of benzene rings is 1. The maximum Gasteiger partial charge on any atom is 0.178 e. The number of ether oxygens (including phenoxy) is 3. The van der Waals surface area contributed by atoms with Gasteiger partial charge in [0.15, 0.2) is 16.3 Å². The fourth-order valence-corrected chi connectivity index (χ4v) is 2.94. The molecule has 0 amide bonds. The lowest BCUT2D eigenvalue weighted by Gasteiger charge is -2.12. The van der Waals surface area contributed by atoms with Crippen LogP contribution in [0.15, 0.2) is 12.1 Å². The van der Waals surface area contributed by atoms with Crippen molar-refractivity contribution >= 4 is 23.3 Å². The summed E-state index contributed by atoms with van der Waals surface area (Å²) in [5.74, 6) is 1.40. The highest BCUT2D eigenvalue weighted by molar-refractivity contribution is 7.71. The number of H-pyrrole nitrogens is 1. The minimum absolute atomic E-state index is 0.244. The molecule has 1 aromatic carbocycles. The monoisotopic (exact) mass is 294 g/mol. The van der Waals surface area contributed by atoms with E-state index in [1.165, 1.54) is 0 Å². The normalized spacial score (nSPS) is 18.6. The lowest BCUT2D eigenvalue weighted by atomic mass is 10.2. The number of rotatable bonds is 4. The van der Waals surface area contributed by atoms with E-state index in [9.17, 15) is 0 Å². The summed E-state index contributed by atoms with van der Waals surface area (Å²) in [6.07, 6.45) is 2.45. The van der Waals surface area contributed by atoms with Crippen LogP contribution in [0.4, 0.5) is 0 Å². The summed E-state index contributed by atoms with van der Waals surface area (Å²) in [7, 11) is 3.26. The molecule has 0 radical (unpaired) electrons. The molecule has 108 valence electrons. The average molecular weight is 294 g/mol. The summed E-state index contributed by atoms with van der Waals surface area (Å²) in [5.41, 5.74) is 1.97. The number of methoxy groups -OCH3 is 2. The first kappa shape index (κ1) is 13.5. The van der Waals surface area contributed by atoms with Crippen LogP contribution < -0.4 is 9.47 Å². The number of fused-ring (bicyclic) bond motifs is 1. The van der Waals surface area contributed by atoms with Gasteiger partial charge in [-0.25, -0.2) is 0 Å². The highest BCUT2D eigenvalue weighted by Gasteiger charge is 2.18. The van der Waals surface area contributed by atoms with Crippen molar-refractivity contribution in [1.29, 1.82) is 0 Å². The van der Waals surface area contributed by atoms with Gasteiger partial charge in [0.25, 0.3) is 0 Å². The van der Waals surface area contributed by atoms with Crippen molar-refractivity contribution in [1.82, 2.24) is 9.55 Å². The summed E-state index contributed by atoms with van der Waals surface area (Å²) < 4.78 is 19.1. The van der Waals surface area contributed by atoms with E-state index in [1.807, 2.05) is 12.1 Å². The van der Waals surface area contributed by atoms with Crippen molar-refractivity contribution in [2.45, 2.75) is 25.5 Å². The van der Waals surface area contributed by atoms with Gasteiger partial charge in [-0.15, -0.1) is 0 Å². The third-order valence-corrected chi connectivity index (χ3v) is 4.01. The SMILES string of the molecule is COc1cc2[nH]c(=S)n(CC3CCCO3)c2cc1OC. The minimum atomic E-state index is 0.244. The molecule has 1 atom stereocenters. The number of imidazole rings is 1. The fourth-order valence-electron chi connectivity index (χ4n) is 2.66. The van der Waals surface area contributed by atoms with Crippen molar-refractivity contribution in [3.05, 3.63) is 16.9 Å². The number of hydrogen-bond acceptors (Lipinski definition) is 4. The highest BCUT2D eigenvalue weighted by Crippen LogP contribution is 2.32. The molecule has 2 heterocycles. The molecule has 0 saturated carbocycles. The van der Waals surface area contributed by atoms with Gasteiger partial charge in [0.1, 0.15) is 0 Å². The van der Waals surface area contributed by atoms with E-state index >= 15 is 0 Å². The van der Waals surface area contributed by atoms with Gasteiger partial charge < -0.3 is 23.8 Å². The minimum Gasteiger partial charge on any atom is -0.493 e. The maximum absolute atomic E-state index is 5.69. The molecule has 1 fully saturated rings. The number of aromatic amines is 1. The molecule has 1 aromatic heterocycles. The zero-order valence-electron chi connectivity index (χ0n) is 11.6. The Hall–Kier alpha value is -1.53. The Kier molecular flexibility index (Phi) is 3.67. The molecule has 1 N–H and O–H groups in total. The van der Waals surface area contributed by atoms with Crippen LogP contribution in [0.1, 0.15) is 12.8 Å². The number of aromatic nitrogens is 2. The zero-order chi connectivity index (χ0) is 14.1. The second-order valence-corrected chi connectivity index (χ2v) is 5.29. The molecule has 2 aromatic rings. The van der Waals surface area contributed by atoms with E-state index in [1.54, 1.807) is 14.2 Å². The molecule has 0 spiro atoms. The third-order valence-electron chi connectivity index (χ3n) is 3.69. The van der Waals surface area contributed by atoms with E-state index in [4.69, 9.17) is 26.4 Å². The molecule has 1 unspecified atom stereocenters. The Bertz CT molecular complexity index is 671. The van der Waals surface area contributed by atoms with Gasteiger partial charge in [-0.2, -0.15) is 0 Å². The summed E-state index contributed by atoms with van der Waals surface area (Å²) in [4.78, 5) is 3.21. The van der Waals surface area contributed by atoms with E-state index in [0.717, 1.165) is 37.0 Å². The zero-order valence-corrected chi connectivity index (χ0v) is 12.5. The van der Waals surface area contributed by atoms with Crippen LogP contribution in [0.25, 0.3) is 11.0 Å². The predicted molar refractivity (Wildman–Crippen MR) is 79.2 cm³/mol. The highest BCUT2D eigenvalue weighted by atomic mass is 32.1. The summed E-state index contributed by atoms with van der Waals surface area (Å²) in [5, 5.41) is 0. The molecule has 1 aliphatic rings. The van der Waals surface area contributed by atoms with Crippen LogP contribution in [-0.4, -0.2) is 36.5 Å². The fraction of sp³-hybridized carbons (Fsp3) is 0.500. The van der Waals surface area contributed by atoms with Gasteiger partial charge in [-0.05, 0) is 25.1 Å². The molecular formula is C14H18N2O3S. The van der Waals surface area contributed by atoms with Gasteiger partial charge in [0, 0.05) is 18.7 Å². The first-order chi connectivity index (χ1) is 9.72. The second kappa shape index (κ2) is 5.46. The van der Waals surface area contributed by atoms with Crippen LogP contribution in [-0.2, 0) is 11.3 Å². The number of hydrogen-bond donors (Lipinski definition) is 1. The van der Waals surface area contributed by atoms with Crippen LogP contribution >= 0.6 is 12.2 Å². The van der Waals surface area contributed by atoms with Crippen LogP contribution in [0.3, 0.4) is 0 Å². The van der Waals surface area contributed by atoms with Crippen molar-refractivity contribution in [2.75, 3.05) is 20.8 Å². The third kappa shape index (κ3) is 2.29. The Balaban J connectivity index is 2.06.